The first-order valence-corrected chi connectivity index (χ1v) is 9.52. The van der Waals surface area contributed by atoms with Crippen LogP contribution >= 0.6 is 0 Å². The molecule has 0 heterocycles. The summed E-state index contributed by atoms with van der Waals surface area (Å²) in [5.74, 6) is -0.755. The van der Waals surface area contributed by atoms with Gasteiger partial charge in [-0.1, -0.05) is 57.6 Å². The molecule has 0 radical (unpaired) electrons. The summed E-state index contributed by atoms with van der Waals surface area (Å²) >= 11 is 0. The minimum atomic E-state index is -0.684. The van der Waals surface area contributed by atoms with E-state index in [4.69, 9.17) is 9.84 Å². The van der Waals surface area contributed by atoms with Gasteiger partial charge >= 0.3 is 11.9 Å². The molecule has 0 fully saturated rings. The van der Waals surface area contributed by atoms with Crippen molar-refractivity contribution < 1.29 is 19.4 Å². The Morgan fingerprint density at radius 1 is 0.875 bits per heavy atom. The number of carboxylic acid groups (broad SMARTS) is 1. The van der Waals surface area contributed by atoms with Crippen LogP contribution in [-0.4, -0.2) is 24.2 Å². The first-order chi connectivity index (χ1) is 11.6. The van der Waals surface area contributed by atoms with E-state index in [1.54, 1.807) is 0 Å². The van der Waals surface area contributed by atoms with Crippen molar-refractivity contribution in [2.24, 2.45) is 5.92 Å². The quantitative estimate of drug-likeness (QED) is 0.229. The fourth-order valence-corrected chi connectivity index (χ4v) is 2.69. The number of carbonyl (C=O) groups is 2. The second-order valence-electron chi connectivity index (χ2n) is 6.59. The van der Waals surface area contributed by atoms with Crippen LogP contribution in [0.2, 0.25) is 0 Å². The summed E-state index contributed by atoms with van der Waals surface area (Å²) < 4.78 is 4.72. The zero-order valence-corrected chi connectivity index (χ0v) is 15.6. The number of carboxylic acids is 1. The van der Waals surface area contributed by atoms with Crippen LogP contribution in [0.5, 0.6) is 0 Å². The Hall–Kier alpha value is -1.32. The van der Waals surface area contributed by atoms with E-state index in [9.17, 15) is 9.59 Å². The zero-order chi connectivity index (χ0) is 18.0. The highest BCUT2D eigenvalue weighted by Crippen LogP contribution is 2.13. The lowest BCUT2D eigenvalue weighted by molar-refractivity contribution is -0.145. The molecule has 1 unspecified atom stereocenters. The van der Waals surface area contributed by atoms with Crippen LogP contribution < -0.4 is 0 Å². The molecular formula is C20H36O4. The van der Waals surface area contributed by atoms with Gasteiger partial charge in [-0.2, -0.15) is 0 Å². The van der Waals surface area contributed by atoms with Gasteiger partial charge in [0.1, 0.15) is 0 Å². The normalized spacial score (nSPS) is 12.4. The SMILES string of the molecule is COC(=O)C(C)CCCCCC/C=C/CCCCCCCC(=O)O. The molecule has 1 atom stereocenters. The molecule has 0 spiro atoms. The smallest absolute Gasteiger partial charge is 0.308 e. The third-order valence-electron chi connectivity index (χ3n) is 4.29. The van der Waals surface area contributed by atoms with Crippen LogP contribution in [0.4, 0.5) is 0 Å². The molecule has 140 valence electrons. The number of ether oxygens (including phenoxy) is 1. The van der Waals surface area contributed by atoms with Gasteiger partial charge < -0.3 is 9.84 Å². The molecule has 0 aliphatic carbocycles. The minimum absolute atomic E-state index is 0.0269. The van der Waals surface area contributed by atoms with Gasteiger partial charge in [0.05, 0.1) is 13.0 Å². The summed E-state index contributed by atoms with van der Waals surface area (Å²) in [6.45, 7) is 1.93. The number of allylic oxidation sites excluding steroid dienone is 2. The molecule has 0 rings (SSSR count). The molecule has 0 bridgehead atoms. The summed E-state index contributed by atoms with van der Waals surface area (Å²) in [7, 11) is 1.45. The second-order valence-corrected chi connectivity index (χ2v) is 6.59. The molecule has 4 nitrogen and oxygen atoms in total. The summed E-state index contributed by atoms with van der Waals surface area (Å²) in [5, 5.41) is 8.53. The van der Waals surface area contributed by atoms with Crippen molar-refractivity contribution >= 4 is 11.9 Å². The molecule has 4 heteroatoms. The van der Waals surface area contributed by atoms with E-state index in [0.717, 1.165) is 44.9 Å². The monoisotopic (exact) mass is 340 g/mol. The molecule has 24 heavy (non-hydrogen) atoms. The Morgan fingerprint density at radius 2 is 1.38 bits per heavy atom. The Morgan fingerprint density at radius 3 is 1.92 bits per heavy atom. The van der Waals surface area contributed by atoms with E-state index >= 15 is 0 Å². The fraction of sp³-hybridized carbons (Fsp3) is 0.800. The lowest BCUT2D eigenvalue weighted by Gasteiger charge is -2.08. The number of hydrogen-bond acceptors (Lipinski definition) is 3. The van der Waals surface area contributed by atoms with Gasteiger partial charge in [0, 0.05) is 6.42 Å². The zero-order valence-electron chi connectivity index (χ0n) is 15.6. The largest absolute Gasteiger partial charge is 0.481 e. The average molecular weight is 341 g/mol. The molecule has 0 aromatic heterocycles. The highest BCUT2D eigenvalue weighted by molar-refractivity contribution is 5.71. The average Bonchev–Trinajstić information content (AvgIpc) is 2.57. The van der Waals surface area contributed by atoms with Crippen molar-refractivity contribution in [1.82, 2.24) is 0 Å². The first kappa shape index (κ1) is 22.7. The van der Waals surface area contributed by atoms with E-state index in [-0.39, 0.29) is 11.9 Å². The predicted molar refractivity (Wildman–Crippen MR) is 98.0 cm³/mol. The van der Waals surface area contributed by atoms with Gasteiger partial charge in [0.25, 0.3) is 0 Å². The molecule has 0 aliphatic heterocycles. The fourth-order valence-electron chi connectivity index (χ4n) is 2.69. The van der Waals surface area contributed by atoms with Crippen molar-refractivity contribution in [3.05, 3.63) is 12.2 Å². The van der Waals surface area contributed by atoms with E-state index in [1.165, 1.54) is 39.2 Å². The number of carbonyl (C=O) groups excluding carboxylic acids is 1. The van der Waals surface area contributed by atoms with Crippen LogP contribution in [-0.2, 0) is 14.3 Å². The molecule has 0 saturated carbocycles. The van der Waals surface area contributed by atoms with Gasteiger partial charge in [0.2, 0.25) is 0 Å². The number of esters is 1. The van der Waals surface area contributed by atoms with Crippen LogP contribution in [0, 0.1) is 5.92 Å². The van der Waals surface area contributed by atoms with Crippen molar-refractivity contribution in [3.8, 4) is 0 Å². The molecule has 0 amide bonds. The van der Waals surface area contributed by atoms with Gasteiger partial charge in [-0.3, -0.25) is 9.59 Å². The number of rotatable bonds is 16. The van der Waals surface area contributed by atoms with Gasteiger partial charge in [-0.15, -0.1) is 0 Å². The number of unbranched alkanes of at least 4 members (excludes halogenated alkanes) is 9. The molecule has 0 aromatic carbocycles. The van der Waals surface area contributed by atoms with E-state index in [1.807, 2.05) is 6.92 Å². The summed E-state index contributed by atoms with van der Waals surface area (Å²) in [6.07, 6.45) is 18.2. The molecule has 0 aliphatic rings. The van der Waals surface area contributed by atoms with Crippen LogP contribution in [0.1, 0.15) is 90.4 Å². The second kappa shape index (κ2) is 16.5. The van der Waals surface area contributed by atoms with Gasteiger partial charge in [-0.25, -0.2) is 0 Å². The van der Waals surface area contributed by atoms with Crippen LogP contribution in [0.25, 0.3) is 0 Å². The Labute approximate surface area is 147 Å². The van der Waals surface area contributed by atoms with Gasteiger partial charge in [-0.05, 0) is 38.5 Å². The maximum atomic E-state index is 11.2. The number of hydrogen-bond donors (Lipinski definition) is 1. The maximum absolute atomic E-state index is 11.2. The van der Waals surface area contributed by atoms with Crippen molar-refractivity contribution in [3.63, 3.8) is 0 Å². The lowest BCUT2D eigenvalue weighted by Crippen LogP contribution is -2.12. The van der Waals surface area contributed by atoms with Crippen molar-refractivity contribution in [2.45, 2.75) is 90.4 Å². The topological polar surface area (TPSA) is 63.6 Å². The molecular weight excluding hydrogens is 304 g/mol. The standard InChI is InChI=1S/C20H36O4/c1-18(20(23)24-2)16-14-12-10-8-6-4-3-5-7-9-11-13-15-17-19(21)22/h3-4,18H,5-17H2,1-2H3,(H,21,22)/b4-3+. The van der Waals surface area contributed by atoms with E-state index < -0.39 is 5.97 Å². The summed E-state index contributed by atoms with van der Waals surface area (Å²) in [4.78, 5) is 21.6. The van der Waals surface area contributed by atoms with Crippen molar-refractivity contribution in [1.29, 1.82) is 0 Å². The first-order valence-electron chi connectivity index (χ1n) is 9.52. The van der Waals surface area contributed by atoms with Crippen LogP contribution in [0.3, 0.4) is 0 Å². The van der Waals surface area contributed by atoms with Crippen molar-refractivity contribution in [2.75, 3.05) is 7.11 Å². The highest BCUT2D eigenvalue weighted by atomic mass is 16.5. The summed E-state index contributed by atoms with van der Waals surface area (Å²) in [6, 6.07) is 0. The third-order valence-corrected chi connectivity index (χ3v) is 4.29. The highest BCUT2D eigenvalue weighted by Gasteiger charge is 2.11. The predicted octanol–water partition coefficient (Wildman–Crippen LogP) is 5.51. The molecule has 0 saturated heterocycles. The third kappa shape index (κ3) is 15.6. The van der Waals surface area contributed by atoms with E-state index in [0.29, 0.717) is 6.42 Å². The molecule has 0 aromatic rings. The van der Waals surface area contributed by atoms with E-state index in [2.05, 4.69) is 12.2 Å². The Bertz CT molecular complexity index is 350. The molecule has 1 N–H and O–H groups in total. The minimum Gasteiger partial charge on any atom is -0.481 e. The van der Waals surface area contributed by atoms with Gasteiger partial charge in [0.15, 0.2) is 0 Å². The number of aliphatic carboxylic acids is 1. The number of methoxy groups -OCH3 is 1. The van der Waals surface area contributed by atoms with Crippen LogP contribution in [0.15, 0.2) is 12.2 Å². The summed E-state index contributed by atoms with van der Waals surface area (Å²) in [5.41, 5.74) is 0. The Balaban J connectivity index is 3.24. The maximum Gasteiger partial charge on any atom is 0.308 e. The Kier molecular flexibility index (Phi) is 15.6. The lowest BCUT2D eigenvalue weighted by atomic mass is 10.0.